The number of benzene rings is 1. The number of hydrogen-bond acceptors (Lipinski definition) is 3. The zero-order chi connectivity index (χ0) is 13.1. The van der Waals surface area contributed by atoms with Crippen molar-refractivity contribution in [3.63, 3.8) is 0 Å². The summed E-state index contributed by atoms with van der Waals surface area (Å²) in [5, 5.41) is 12.4. The van der Waals surface area contributed by atoms with Gasteiger partial charge in [0.05, 0.1) is 11.3 Å². The smallest absolute Gasteiger partial charge is 0.257 e. The van der Waals surface area contributed by atoms with Gasteiger partial charge in [-0.1, -0.05) is 6.07 Å². The van der Waals surface area contributed by atoms with Crippen molar-refractivity contribution < 1.29 is 9.90 Å². The number of amides is 1. The third-order valence-corrected chi connectivity index (χ3v) is 2.54. The Labute approximate surface area is 105 Å². The Hall–Kier alpha value is -2.36. The molecule has 0 aliphatic heterocycles. The first-order valence-electron chi connectivity index (χ1n) is 5.59. The lowest BCUT2D eigenvalue weighted by Crippen LogP contribution is -2.12. The summed E-state index contributed by atoms with van der Waals surface area (Å²) in [6.07, 6.45) is 3.17. The van der Waals surface area contributed by atoms with Crippen LogP contribution < -0.4 is 5.32 Å². The molecule has 0 unspecified atom stereocenters. The number of carbonyl (C=O) groups excluding carboxylic acids is 1. The summed E-state index contributed by atoms with van der Waals surface area (Å²) >= 11 is 0. The second kappa shape index (κ2) is 4.87. The van der Waals surface area contributed by atoms with E-state index >= 15 is 0 Å². The van der Waals surface area contributed by atoms with Crippen LogP contribution in [0.15, 0.2) is 36.7 Å². The van der Waals surface area contributed by atoms with Crippen molar-refractivity contribution in [3.8, 4) is 5.75 Å². The first kappa shape index (κ1) is 12.1. The Morgan fingerprint density at radius 1 is 1.17 bits per heavy atom. The number of anilines is 1. The fraction of sp³-hybridized carbons (Fsp3) is 0.143. The normalized spacial score (nSPS) is 10.1. The van der Waals surface area contributed by atoms with Crippen molar-refractivity contribution in [1.29, 1.82) is 0 Å². The zero-order valence-corrected chi connectivity index (χ0v) is 10.3. The van der Waals surface area contributed by atoms with Crippen LogP contribution in [0.25, 0.3) is 0 Å². The van der Waals surface area contributed by atoms with Crippen molar-refractivity contribution in [3.05, 3.63) is 53.3 Å². The average molecular weight is 242 g/mol. The van der Waals surface area contributed by atoms with Gasteiger partial charge in [0.2, 0.25) is 0 Å². The van der Waals surface area contributed by atoms with E-state index in [1.165, 1.54) is 6.20 Å². The standard InChI is InChI=1S/C14H14N2O2/c1-9-3-4-12(13(17)6-9)16-14(18)11-5-10(2)7-15-8-11/h3-8,17H,1-2H3,(H,16,18). The molecule has 92 valence electrons. The Morgan fingerprint density at radius 2 is 1.94 bits per heavy atom. The summed E-state index contributed by atoms with van der Waals surface area (Å²) in [7, 11) is 0. The number of aromatic nitrogens is 1. The van der Waals surface area contributed by atoms with Crippen LogP contribution in [0.2, 0.25) is 0 Å². The maximum Gasteiger partial charge on any atom is 0.257 e. The number of aromatic hydroxyl groups is 1. The van der Waals surface area contributed by atoms with E-state index in [1.54, 1.807) is 24.4 Å². The minimum absolute atomic E-state index is 0.0592. The molecule has 2 rings (SSSR count). The molecule has 0 bridgehead atoms. The van der Waals surface area contributed by atoms with Crippen LogP contribution >= 0.6 is 0 Å². The number of aryl methyl sites for hydroxylation is 2. The number of pyridine rings is 1. The molecule has 18 heavy (non-hydrogen) atoms. The van der Waals surface area contributed by atoms with Gasteiger partial charge in [0.25, 0.3) is 5.91 Å². The highest BCUT2D eigenvalue weighted by Crippen LogP contribution is 2.24. The Bertz CT molecular complexity index is 594. The van der Waals surface area contributed by atoms with Crippen molar-refractivity contribution >= 4 is 11.6 Å². The summed E-state index contributed by atoms with van der Waals surface area (Å²) in [6.45, 7) is 3.74. The van der Waals surface area contributed by atoms with Gasteiger partial charge in [0.15, 0.2) is 0 Å². The minimum Gasteiger partial charge on any atom is -0.506 e. The molecule has 4 heteroatoms. The van der Waals surface area contributed by atoms with Crippen LogP contribution in [0.5, 0.6) is 5.75 Å². The molecule has 1 aromatic heterocycles. The molecule has 2 N–H and O–H groups in total. The second-order valence-corrected chi connectivity index (χ2v) is 4.23. The predicted octanol–water partition coefficient (Wildman–Crippen LogP) is 2.66. The summed E-state index contributed by atoms with van der Waals surface area (Å²) in [6, 6.07) is 6.84. The highest BCUT2D eigenvalue weighted by Gasteiger charge is 2.09. The van der Waals surface area contributed by atoms with Crippen LogP contribution in [0.3, 0.4) is 0 Å². The molecule has 0 aliphatic rings. The third kappa shape index (κ3) is 2.66. The average Bonchev–Trinajstić information content (AvgIpc) is 2.32. The quantitative estimate of drug-likeness (QED) is 0.796. The van der Waals surface area contributed by atoms with E-state index in [-0.39, 0.29) is 11.7 Å². The first-order chi connectivity index (χ1) is 8.56. The van der Waals surface area contributed by atoms with Gasteiger partial charge in [-0.2, -0.15) is 0 Å². The largest absolute Gasteiger partial charge is 0.506 e. The molecule has 0 saturated heterocycles. The molecular weight excluding hydrogens is 228 g/mol. The molecule has 0 radical (unpaired) electrons. The van der Waals surface area contributed by atoms with E-state index in [0.717, 1.165) is 11.1 Å². The summed E-state index contributed by atoms with van der Waals surface area (Å²) < 4.78 is 0. The van der Waals surface area contributed by atoms with Gasteiger partial charge in [-0.3, -0.25) is 9.78 Å². The monoisotopic (exact) mass is 242 g/mol. The van der Waals surface area contributed by atoms with Gasteiger partial charge in [0, 0.05) is 12.4 Å². The summed E-state index contributed by atoms with van der Waals surface area (Å²) in [5.74, 6) is -0.227. The van der Waals surface area contributed by atoms with Crippen LogP contribution in [-0.4, -0.2) is 16.0 Å². The second-order valence-electron chi connectivity index (χ2n) is 4.23. The van der Waals surface area contributed by atoms with E-state index < -0.39 is 0 Å². The summed E-state index contributed by atoms with van der Waals surface area (Å²) in [5.41, 5.74) is 2.71. The predicted molar refractivity (Wildman–Crippen MR) is 69.8 cm³/mol. The van der Waals surface area contributed by atoms with Crippen molar-refractivity contribution in [2.24, 2.45) is 0 Å². The maximum absolute atomic E-state index is 11.9. The molecule has 1 amide bonds. The molecule has 0 fully saturated rings. The Balaban J connectivity index is 2.21. The molecule has 0 aliphatic carbocycles. The van der Waals surface area contributed by atoms with Crippen LogP contribution in [0, 0.1) is 13.8 Å². The number of nitrogens with zero attached hydrogens (tertiary/aromatic N) is 1. The Morgan fingerprint density at radius 3 is 2.61 bits per heavy atom. The molecule has 1 aromatic carbocycles. The van der Waals surface area contributed by atoms with Gasteiger partial charge in [-0.25, -0.2) is 0 Å². The van der Waals surface area contributed by atoms with Gasteiger partial charge >= 0.3 is 0 Å². The summed E-state index contributed by atoms with van der Waals surface area (Å²) in [4.78, 5) is 15.9. The number of carbonyl (C=O) groups is 1. The molecule has 0 saturated carbocycles. The lowest BCUT2D eigenvalue weighted by atomic mass is 10.2. The van der Waals surface area contributed by atoms with E-state index in [2.05, 4.69) is 10.3 Å². The fourth-order valence-electron chi connectivity index (χ4n) is 1.62. The number of phenolic OH excluding ortho intramolecular Hbond substituents is 1. The lowest BCUT2D eigenvalue weighted by molar-refractivity contribution is 0.102. The minimum atomic E-state index is -0.287. The lowest BCUT2D eigenvalue weighted by Gasteiger charge is -2.08. The number of nitrogens with one attached hydrogen (secondary N) is 1. The van der Waals surface area contributed by atoms with Crippen molar-refractivity contribution in [1.82, 2.24) is 4.98 Å². The Kier molecular flexibility index (Phi) is 3.28. The van der Waals surface area contributed by atoms with Gasteiger partial charge in [0.1, 0.15) is 5.75 Å². The molecule has 0 spiro atoms. The van der Waals surface area contributed by atoms with E-state index in [0.29, 0.717) is 11.3 Å². The highest BCUT2D eigenvalue weighted by atomic mass is 16.3. The van der Waals surface area contributed by atoms with Crippen LogP contribution in [0.1, 0.15) is 21.5 Å². The zero-order valence-electron chi connectivity index (χ0n) is 10.3. The van der Waals surface area contributed by atoms with E-state index in [9.17, 15) is 9.90 Å². The third-order valence-electron chi connectivity index (χ3n) is 2.54. The molecule has 4 nitrogen and oxygen atoms in total. The van der Waals surface area contributed by atoms with Gasteiger partial charge < -0.3 is 10.4 Å². The highest BCUT2D eigenvalue weighted by molar-refractivity contribution is 6.04. The van der Waals surface area contributed by atoms with Crippen molar-refractivity contribution in [2.45, 2.75) is 13.8 Å². The molecule has 2 aromatic rings. The molecule has 1 heterocycles. The van der Waals surface area contributed by atoms with Crippen LogP contribution in [-0.2, 0) is 0 Å². The topological polar surface area (TPSA) is 62.2 Å². The number of rotatable bonds is 2. The fourth-order valence-corrected chi connectivity index (χ4v) is 1.62. The van der Waals surface area contributed by atoms with E-state index in [1.807, 2.05) is 19.9 Å². The maximum atomic E-state index is 11.9. The SMILES string of the molecule is Cc1cncc(C(=O)Nc2ccc(C)cc2O)c1. The number of hydrogen-bond donors (Lipinski definition) is 2. The first-order valence-corrected chi connectivity index (χ1v) is 5.59. The van der Waals surface area contributed by atoms with Gasteiger partial charge in [-0.05, 0) is 43.2 Å². The van der Waals surface area contributed by atoms with Crippen molar-refractivity contribution in [2.75, 3.05) is 5.32 Å². The van der Waals surface area contributed by atoms with Crippen LogP contribution in [0.4, 0.5) is 5.69 Å². The van der Waals surface area contributed by atoms with Gasteiger partial charge in [-0.15, -0.1) is 0 Å². The van der Waals surface area contributed by atoms with E-state index in [4.69, 9.17) is 0 Å². The molecular formula is C14H14N2O2. The number of phenols is 1. The molecule has 0 atom stereocenters.